The number of carbonyl (C=O) groups is 2. The molecule has 1 N–H and O–H groups in total. The minimum atomic E-state index is -4.50. The number of likely N-dealkylation sites (tertiary alicyclic amines) is 1. The Morgan fingerprint density at radius 3 is 2.81 bits per heavy atom. The Kier molecular flexibility index (Phi) is 5.43. The number of nitrogens with one attached hydrogen (secondary N) is 1. The molecule has 0 bridgehead atoms. The fourth-order valence-electron chi connectivity index (χ4n) is 3.10. The van der Waals surface area contributed by atoms with E-state index in [2.05, 4.69) is 9.97 Å². The van der Waals surface area contributed by atoms with Crippen LogP contribution in [0, 0.1) is 5.92 Å². The van der Waals surface area contributed by atoms with Crippen LogP contribution < -0.4 is 0 Å². The minimum absolute atomic E-state index is 0.0251. The van der Waals surface area contributed by atoms with E-state index >= 15 is 0 Å². The number of Topliss-reactive ketones (excluding diaryl/α,β-unsaturated/α-hetero) is 1. The van der Waals surface area contributed by atoms with Crippen molar-refractivity contribution < 1.29 is 22.8 Å². The second-order valence-corrected chi connectivity index (χ2v) is 6.41. The van der Waals surface area contributed by atoms with E-state index in [4.69, 9.17) is 0 Å². The van der Waals surface area contributed by atoms with Crippen molar-refractivity contribution in [2.24, 2.45) is 5.92 Å². The summed E-state index contributed by atoms with van der Waals surface area (Å²) in [7, 11) is 0. The van der Waals surface area contributed by atoms with Crippen molar-refractivity contribution in [1.29, 1.82) is 0 Å². The van der Waals surface area contributed by atoms with Crippen LogP contribution in [-0.4, -0.2) is 39.6 Å². The largest absolute Gasteiger partial charge is 0.416 e. The molecule has 1 atom stereocenters. The van der Waals surface area contributed by atoms with Gasteiger partial charge in [0.05, 0.1) is 23.8 Å². The summed E-state index contributed by atoms with van der Waals surface area (Å²) >= 11 is 0. The van der Waals surface area contributed by atoms with Gasteiger partial charge in [-0.1, -0.05) is 12.1 Å². The smallest absolute Gasteiger partial charge is 0.345 e. The first kappa shape index (κ1) is 18.9. The number of benzene rings is 1. The van der Waals surface area contributed by atoms with E-state index in [1.165, 1.54) is 24.5 Å². The van der Waals surface area contributed by atoms with E-state index < -0.39 is 17.7 Å². The Morgan fingerprint density at radius 2 is 2.11 bits per heavy atom. The number of aromatic nitrogens is 2. The number of rotatable bonds is 4. The van der Waals surface area contributed by atoms with E-state index in [0.29, 0.717) is 25.1 Å². The highest BCUT2D eigenvalue weighted by Gasteiger charge is 2.33. The van der Waals surface area contributed by atoms with Crippen LogP contribution in [0.1, 0.15) is 34.5 Å². The highest BCUT2D eigenvalue weighted by molar-refractivity contribution is 5.99. The first-order valence-electron chi connectivity index (χ1n) is 8.51. The monoisotopic (exact) mass is 377 g/mol. The molecule has 1 aromatic carbocycles. The molecular formula is C19H18F3N3O2. The van der Waals surface area contributed by atoms with Gasteiger partial charge in [0.15, 0.2) is 5.78 Å². The lowest BCUT2D eigenvalue weighted by molar-refractivity contribution is -0.137. The maximum absolute atomic E-state index is 12.9. The third kappa shape index (κ3) is 4.64. The van der Waals surface area contributed by atoms with Gasteiger partial charge in [-0.25, -0.2) is 4.98 Å². The van der Waals surface area contributed by atoms with Crippen LogP contribution >= 0.6 is 0 Å². The van der Waals surface area contributed by atoms with Gasteiger partial charge in [0, 0.05) is 30.6 Å². The van der Waals surface area contributed by atoms with Crippen molar-refractivity contribution in [3.05, 3.63) is 59.7 Å². The van der Waals surface area contributed by atoms with Gasteiger partial charge in [-0.3, -0.25) is 9.59 Å². The molecule has 8 heteroatoms. The maximum atomic E-state index is 12.9. The molecule has 2 heterocycles. The number of hydrogen-bond donors (Lipinski definition) is 1. The highest BCUT2D eigenvalue weighted by atomic mass is 19.4. The quantitative estimate of drug-likeness (QED) is 0.654. The van der Waals surface area contributed by atoms with Crippen LogP contribution in [0.4, 0.5) is 13.2 Å². The van der Waals surface area contributed by atoms with Gasteiger partial charge in [-0.15, -0.1) is 0 Å². The summed E-state index contributed by atoms with van der Waals surface area (Å²) in [4.78, 5) is 33.2. The lowest BCUT2D eigenvalue weighted by atomic mass is 9.89. The number of carbonyl (C=O) groups excluding carboxylic acids is 2. The molecule has 1 aliphatic rings. The van der Waals surface area contributed by atoms with Crippen LogP contribution in [0.5, 0.6) is 0 Å². The van der Waals surface area contributed by atoms with Gasteiger partial charge in [-0.05, 0) is 31.1 Å². The fraction of sp³-hybridized carbons (Fsp3) is 0.316. The van der Waals surface area contributed by atoms with Crippen molar-refractivity contribution in [2.75, 3.05) is 13.1 Å². The van der Waals surface area contributed by atoms with Gasteiger partial charge < -0.3 is 9.88 Å². The van der Waals surface area contributed by atoms with E-state index in [-0.39, 0.29) is 23.8 Å². The van der Waals surface area contributed by atoms with E-state index in [1.807, 2.05) is 0 Å². The minimum Gasteiger partial charge on any atom is -0.345 e. The van der Waals surface area contributed by atoms with Gasteiger partial charge in [-0.2, -0.15) is 13.2 Å². The van der Waals surface area contributed by atoms with Crippen molar-refractivity contribution in [2.45, 2.75) is 19.0 Å². The summed E-state index contributed by atoms with van der Waals surface area (Å²) in [5.41, 5.74) is -0.145. The van der Waals surface area contributed by atoms with Crippen molar-refractivity contribution in [3.8, 4) is 0 Å². The molecule has 1 aromatic heterocycles. The number of aromatic amines is 1. The predicted molar refractivity (Wildman–Crippen MR) is 92.7 cm³/mol. The Bertz CT molecular complexity index is 844. The van der Waals surface area contributed by atoms with Crippen LogP contribution in [0.3, 0.4) is 0 Å². The van der Waals surface area contributed by atoms with Crippen molar-refractivity contribution in [3.63, 3.8) is 0 Å². The van der Waals surface area contributed by atoms with E-state index in [1.54, 1.807) is 17.2 Å². The lowest BCUT2D eigenvalue weighted by Gasteiger charge is -2.31. The zero-order chi connectivity index (χ0) is 19.4. The number of H-pyrrole nitrogens is 1. The van der Waals surface area contributed by atoms with Crippen molar-refractivity contribution in [1.82, 2.24) is 14.9 Å². The summed E-state index contributed by atoms with van der Waals surface area (Å²) in [5, 5.41) is 0. The third-order valence-electron chi connectivity index (χ3n) is 4.50. The number of alkyl halides is 3. The average Bonchev–Trinajstić information content (AvgIpc) is 3.18. The molecule has 0 saturated carbocycles. The van der Waals surface area contributed by atoms with Gasteiger partial charge in [0.25, 0.3) is 0 Å². The van der Waals surface area contributed by atoms with Gasteiger partial charge >= 0.3 is 6.18 Å². The molecule has 1 fully saturated rings. The van der Waals surface area contributed by atoms with E-state index in [0.717, 1.165) is 12.1 Å². The Balaban J connectivity index is 1.68. The van der Waals surface area contributed by atoms with Gasteiger partial charge in [0.1, 0.15) is 0 Å². The Morgan fingerprint density at radius 1 is 1.30 bits per heavy atom. The zero-order valence-electron chi connectivity index (χ0n) is 14.4. The SMILES string of the molecule is O=C(c1cccc(C(F)(F)F)c1)[C@@H]1CCCN(C(=O)/C=C/c2cnc[nH]2)C1. The molecule has 0 radical (unpaired) electrons. The standard InChI is InChI=1S/C19H18F3N3O2/c20-19(21,22)15-5-1-3-13(9-15)18(27)14-4-2-8-25(11-14)17(26)7-6-16-10-23-12-24-16/h1,3,5-7,9-10,12,14H,2,4,8,11H2,(H,23,24)/b7-6+/t14-/m1/s1. The summed E-state index contributed by atoms with van der Waals surface area (Å²) in [6, 6.07) is 4.43. The Labute approximate surface area is 153 Å². The molecule has 1 aliphatic heterocycles. The fourth-order valence-corrected chi connectivity index (χ4v) is 3.10. The molecule has 0 spiro atoms. The maximum Gasteiger partial charge on any atom is 0.416 e. The Hall–Kier alpha value is -2.90. The second-order valence-electron chi connectivity index (χ2n) is 6.41. The average molecular weight is 377 g/mol. The summed E-state index contributed by atoms with van der Waals surface area (Å²) in [5.74, 6) is -1.12. The van der Waals surface area contributed by atoms with Crippen LogP contribution in [0.25, 0.3) is 6.08 Å². The molecule has 1 saturated heterocycles. The number of amides is 1. The summed E-state index contributed by atoms with van der Waals surface area (Å²) in [6.07, 6.45) is 2.72. The molecule has 27 heavy (non-hydrogen) atoms. The van der Waals surface area contributed by atoms with E-state index in [9.17, 15) is 22.8 Å². The van der Waals surface area contributed by atoms with Gasteiger partial charge in [0.2, 0.25) is 5.91 Å². The number of hydrogen-bond acceptors (Lipinski definition) is 3. The van der Waals surface area contributed by atoms with Crippen LogP contribution in [0.15, 0.2) is 42.9 Å². The molecule has 1 amide bonds. The molecule has 3 rings (SSSR count). The normalized spacial score (nSPS) is 18.0. The molecule has 0 unspecified atom stereocenters. The zero-order valence-corrected chi connectivity index (χ0v) is 14.4. The lowest BCUT2D eigenvalue weighted by Crippen LogP contribution is -2.41. The molecule has 0 aliphatic carbocycles. The van der Waals surface area contributed by atoms with Crippen LogP contribution in [-0.2, 0) is 11.0 Å². The van der Waals surface area contributed by atoms with Crippen molar-refractivity contribution >= 4 is 17.8 Å². The number of nitrogens with zero attached hydrogens (tertiary/aromatic N) is 2. The number of imidazole rings is 1. The van der Waals surface area contributed by atoms with Crippen LogP contribution in [0.2, 0.25) is 0 Å². The summed E-state index contributed by atoms with van der Waals surface area (Å²) in [6.45, 7) is 0.708. The molecule has 142 valence electrons. The third-order valence-corrected chi connectivity index (χ3v) is 4.50. The molecule has 2 aromatic rings. The number of ketones is 1. The first-order chi connectivity index (χ1) is 12.8. The second kappa shape index (κ2) is 7.77. The molecular weight excluding hydrogens is 359 g/mol. The number of halogens is 3. The number of piperidine rings is 1. The summed E-state index contributed by atoms with van der Waals surface area (Å²) < 4.78 is 38.6. The highest BCUT2D eigenvalue weighted by Crippen LogP contribution is 2.30. The predicted octanol–water partition coefficient (Wildman–Crippen LogP) is 3.56. The molecule has 5 nitrogen and oxygen atoms in total. The topological polar surface area (TPSA) is 66.1 Å². The first-order valence-corrected chi connectivity index (χ1v) is 8.51.